The van der Waals surface area contributed by atoms with Gasteiger partial charge in [0.2, 0.25) is 0 Å². The summed E-state index contributed by atoms with van der Waals surface area (Å²) in [6.07, 6.45) is 0. The molecule has 0 N–H and O–H groups in total. The third kappa shape index (κ3) is 2.64. The molecule has 8 aromatic rings. The van der Waals surface area contributed by atoms with Gasteiger partial charge >= 0.3 is 0 Å². The Morgan fingerprint density at radius 1 is 0.600 bits per heavy atom. The summed E-state index contributed by atoms with van der Waals surface area (Å²) in [6.45, 7) is 0. The highest BCUT2D eigenvalue weighted by Gasteiger charge is 2.20. The van der Waals surface area contributed by atoms with E-state index >= 15 is 0 Å². The van der Waals surface area contributed by atoms with Crippen molar-refractivity contribution in [3.8, 4) is 16.8 Å². The van der Waals surface area contributed by atoms with E-state index in [4.69, 9.17) is 4.42 Å². The lowest BCUT2D eigenvalue weighted by Gasteiger charge is -2.10. The summed E-state index contributed by atoms with van der Waals surface area (Å²) in [5.41, 5.74) is 7.96. The summed E-state index contributed by atoms with van der Waals surface area (Å²) in [5.74, 6) is 0. The largest absolute Gasteiger partial charge is 0.456 e. The number of hydrogen-bond donors (Lipinski definition) is 0. The summed E-state index contributed by atoms with van der Waals surface area (Å²) in [6, 6.07) is 41.0. The molecule has 0 spiro atoms. The van der Waals surface area contributed by atoms with Crippen LogP contribution in [0.25, 0.3) is 70.0 Å². The van der Waals surface area contributed by atoms with Gasteiger partial charge in [-0.05, 0) is 53.6 Å². The Balaban J connectivity index is 1.50. The van der Waals surface area contributed by atoms with E-state index in [0.717, 1.165) is 21.9 Å². The minimum atomic E-state index is 0.927. The van der Waals surface area contributed by atoms with Crippen LogP contribution in [0, 0.1) is 0 Å². The van der Waals surface area contributed by atoms with Crippen LogP contribution in [0.15, 0.2) is 120 Å². The molecule has 0 saturated carbocycles. The van der Waals surface area contributed by atoms with E-state index in [0.29, 0.717) is 0 Å². The third-order valence-electron chi connectivity index (χ3n) is 7.01. The van der Waals surface area contributed by atoms with Gasteiger partial charge < -0.3 is 8.98 Å². The summed E-state index contributed by atoms with van der Waals surface area (Å²) >= 11 is 1.88. The van der Waals surface area contributed by atoms with Crippen molar-refractivity contribution in [3.05, 3.63) is 115 Å². The fourth-order valence-corrected chi connectivity index (χ4v) is 6.74. The molecule has 0 saturated heterocycles. The van der Waals surface area contributed by atoms with Crippen LogP contribution in [0.3, 0.4) is 0 Å². The van der Waals surface area contributed by atoms with E-state index in [2.05, 4.69) is 108 Å². The molecule has 3 aromatic heterocycles. The van der Waals surface area contributed by atoms with Gasteiger partial charge in [-0.25, -0.2) is 0 Å². The molecule has 0 radical (unpaired) electrons. The van der Waals surface area contributed by atoms with Crippen LogP contribution >= 0.6 is 11.3 Å². The van der Waals surface area contributed by atoms with E-state index in [1.165, 1.54) is 48.0 Å². The van der Waals surface area contributed by atoms with Crippen molar-refractivity contribution in [1.82, 2.24) is 4.57 Å². The zero-order valence-corrected chi connectivity index (χ0v) is 19.5. The smallest absolute Gasteiger partial charge is 0.136 e. The molecule has 3 heterocycles. The van der Waals surface area contributed by atoms with Gasteiger partial charge in [-0.3, -0.25) is 0 Å². The number of furan rings is 1. The van der Waals surface area contributed by atoms with Crippen molar-refractivity contribution in [2.24, 2.45) is 0 Å². The van der Waals surface area contributed by atoms with E-state index in [-0.39, 0.29) is 0 Å². The molecule has 0 fully saturated rings. The first-order chi connectivity index (χ1) is 17.4. The number of fused-ring (bicyclic) bond motifs is 8. The molecule has 3 heteroatoms. The number of para-hydroxylation sites is 3. The molecule has 35 heavy (non-hydrogen) atoms. The second kappa shape index (κ2) is 7.08. The van der Waals surface area contributed by atoms with Crippen LogP contribution in [-0.2, 0) is 0 Å². The summed E-state index contributed by atoms with van der Waals surface area (Å²) < 4.78 is 11.3. The molecule has 0 atom stereocenters. The molecular weight excluding hydrogens is 446 g/mol. The van der Waals surface area contributed by atoms with Crippen molar-refractivity contribution in [2.75, 3.05) is 0 Å². The lowest BCUT2D eigenvalue weighted by Crippen LogP contribution is -1.93. The number of aromatic nitrogens is 1. The molecule has 164 valence electrons. The molecule has 5 aromatic carbocycles. The standard InChI is InChI=1S/C32H19NOS/c1-2-9-21(10-3-1)33-26-14-6-4-12-25(26)32-31(33)30-22(13-8-16-29(30)35-32)20-17-18-24-23-11-5-7-15-27(23)34-28(24)19-20/h1-19H. The van der Waals surface area contributed by atoms with E-state index in [1.54, 1.807) is 0 Å². The van der Waals surface area contributed by atoms with E-state index in [1.807, 2.05) is 23.5 Å². The van der Waals surface area contributed by atoms with E-state index in [9.17, 15) is 0 Å². The second-order valence-electron chi connectivity index (χ2n) is 8.96. The maximum atomic E-state index is 6.23. The molecule has 8 rings (SSSR count). The van der Waals surface area contributed by atoms with Crippen LogP contribution in [0.5, 0.6) is 0 Å². The summed E-state index contributed by atoms with van der Waals surface area (Å²) in [4.78, 5) is 0. The second-order valence-corrected chi connectivity index (χ2v) is 10.0. The zero-order valence-electron chi connectivity index (χ0n) is 18.7. The van der Waals surface area contributed by atoms with Gasteiger partial charge in [0.1, 0.15) is 11.2 Å². The van der Waals surface area contributed by atoms with Gasteiger partial charge in [0.05, 0.1) is 15.7 Å². The van der Waals surface area contributed by atoms with Crippen molar-refractivity contribution >= 4 is 64.5 Å². The fourth-order valence-electron chi connectivity index (χ4n) is 5.49. The lowest BCUT2D eigenvalue weighted by molar-refractivity contribution is 0.669. The molecule has 0 amide bonds. The van der Waals surface area contributed by atoms with Gasteiger partial charge in [-0.2, -0.15) is 0 Å². The molecular formula is C32H19NOS. The quantitative estimate of drug-likeness (QED) is 0.248. The molecule has 0 aliphatic rings. The third-order valence-corrected chi connectivity index (χ3v) is 8.18. The minimum absolute atomic E-state index is 0.927. The minimum Gasteiger partial charge on any atom is -0.456 e. The Morgan fingerprint density at radius 3 is 2.29 bits per heavy atom. The number of thiophene rings is 1. The van der Waals surface area contributed by atoms with Crippen molar-refractivity contribution in [2.45, 2.75) is 0 Å². The summed E-state index contributed by atoms with van der Waals surface area (Å²) in [5, 5.41) is 4.91. The molecule has 0 aliphatic carbocycles. The summed E-state index contributed by atoms with van der Waals surface area (Å²) in [7, 11) is 0. The first-order valence-electron chi connectivity index (χ1n) is 11.8. The topological polar surface area (TPSA) is 18.1 Å². The Bertz CT molecular complexity index is 2060. The average Bonchev–Trinajstić information content (AvgIpc) is 3.57. The van der Waals surface area contributed by atoms with Gasteiger partial charge in [0, 0.05) is 31.9 Å². The number of benzene rings is 5. The highest BCUT2D eigenvalue weighted by Crippen LogP contribution is 2.46. The first kappa shape index (κ1) is 19.0. The van der Waals surface area contributed by atoms with Crippen LogP contribution < -0.4 is 0 Å². The maximum Gasteiger partial charge on any atom is 0.136 e. The van der Waals surface area contributed by atoms with Crippen LogP contribution in [0.1, 0.15) is 0 Å². The predicted molar refractivity (Wildman–Crippen MR) is 149 cm³/mol. The molecule has 0 unspecified atom stereocenters. The van der Waals surface area contributed by atoms with Crippen molar-refractivity contribution in [3.63, 3.8) is 0 Å². The normalized spacial score (nSPS) is 12.0. The molecule has 0 aliphatic heterocycles. The van der Waals surface area contributed by atoms with Crippen LogP contribution in [-0.4, -0.2) is 4.57 Å². The Morgan fingerprint density at radius 2 is 1.37 bits per heavy atom. The monoisotopic (exact) mass is 465 g/mol. The van der Waals surface area contributed by atoms with Gasteiger partial charge in [0.15, 0.2) is 0 Å². The number of hydrogen-bond acceptors (Lipinski definition) is 2. The number of nitrogens with zero attached hydrogens (tertiary/aromatic N) is 1. The van der Waals surface area contributed by atoms with Gasteiger partial charge in [-0.15, -0.1) is 11.3 Å². The number of rotatable bonds is 2. The van der Waals surface area contributed by atoms with Crippen LogP contribution in [0.2, 0.25) is 0 Å². The van der Waals surface area contributed by atoms with Gasteiger partial charge in [-0.1, -0.05) is 72.8 Å². The van der Waals surface area contributed by atoms with Crippen LogP contribution in [0.4, 0.5) is 0 Å². The Labute approximate surface area is 205 Å². The fraction of sp³-hybridized carbons (Fsp3) is 0. The molecule has 0 bridgehead atoms. The lowest BCUT2D eigenvalue weighted by atomic mass is 10.00. The van der Waals surface area contributed by atoms with Gasteiger partial charge in [0.25, 0.3) is 0 Å². The Hall–Kier alpha value is -4.34. The average molecular weight is 466 g/mol. The van der Waals surface area contributed by atoms with Crippen molar-refractivity contribution < 1.29 is 4.42 Å². The van der Waals surface area contributed by atoms with E-state index < -0.39 is 0 Å². The predicted octanol–water partition coefficient (Wildman–Crippen LogP) is 9.56. The van der Waals surface area contributed by atoms with Crippen molar-refractivity contribution in [1.29, 1.82) is 0 Å². The Kier molecular flexibility index (Phi) is 3.85. The highest BCUT2D eigenvalue weighted by atomic mass is 32.1. The SMILES string of the molecule is c1ccc(-n2c3ccccc3c3sc4cccc(-c5ccc6c(c5)oc5ccccc56)c4c32)cc1. The zero-order chi connectivity index (χ0) is 22.9. The first-order valence-corrected chi connectivity index (χ1v) is 12.6. The molecule has 2 nitrogen and oxygen atoms in total. The maximum absolute atomic E-state index is 6.23. The highest BCUT2D eigenvalue weighted by molar-refractivity contribution is 7.26.